The zero-order valence-corrected chi connectivity index (χ0v) is 16.0. The first-order valence-corrected chi connectivity index (χ1v) is 9.04. The Bertz CT molecular complexity index is 1130. The van der Waals surface area contributed by atoms with Crippen LogP contribution in [-0.4, -0.2) is 19.7 Å². The van der Waals surface area contributed by atoms with E-state index < -0.39 is 23.0 Å². The number of benzene rings is 2. The van der Waals surface area contributed by atoms with Crippen LogP contribution >= 0.6 is 15.9 Å². The van der Waals surface area contributed by atoms with Gasteiger partial charge in [0.1, 0.15) is 6.04 Å². The van der Waals surface area contributed by atoms with Crippen LogP contribution in [0, 0.1) is 10.1 Å². The Labute approximate surface area is 170 Å². The molecule has 0 radical (unpaired) electrons. The number of nitrogens with one attached hydrogen (secondary N) is 1. The van der Waals surface area contributed by atoms with Crippen molar-refractivity contribution in [3.8, 4) is 0 Å². The molecule has 0 amide bonds. The smallest absolute Gasteiger partial charge is 0.324 e. The van der Waals surface area contributed by atoms with Gasteiger partial charge in [0.15, 0.2) is 0 Å². The lowest BCUT2D eigenvalue weighted by atomic mass is 10.0. The highest BCUT2D eigenvalue weighted by molar-refractivity contribution is 9.10. The number of halogens is 4. The molecule has 0 spiro atoms. The summed E-state index contributed by atoms with van der Waals surface area (Å²) in [6, 6.07) is 12.0. The standard InChI is InChI=1S/C18H11BrF3N5O2/c19-12-6-4-10(5-7-12)14-9-15(11-2-1-3-13(8-11)27(28)29)26-17(23-14)24-16(25-26)18(20,21)22/h1-9,15H,(H,23,24,25)/t15-/m1/s1. The first kappa shape index (κ1) is 19.1. The van der Waals surface area contributed by atoms with Crippen molar-refractivity contribution in [3.05, 3.63) is 86.1 Å². The van der Waals surface area contributed by atoms with Crippen LogP contribution in [0.4, 0.5) is 24.8 Å². The summed E-state index contributed by atoms with van der Waals surface area (Å²) in [4.78, 5) is 14.1. The average molecular weight is 466 g/mol. The molecule has 1 atom stereocenters. The van der Waals surface area contributed by atoms with Crippen molar-refractivity contribution in [1.29, 1.82) is 0 Å². The molecular weight excluding hydrogens is 455 g/mol. The first-order valence-electron chi connectivity index (χ1n) is 8.25. The summed E-state index contributed by atoms with van der Waals surface area (Å²) >= 11 is 3.34. The van der Waals surface area contributed by atoms with E-state index in [0.29, 0.717) is 16.8 Å². The summed E-state index contributed by atoms with van der Waals surface area (Å²) in [5, 5.41) is 17.6. The number of aromatic nitrogens is 3. The van der Waals surface area contributed by atoms with Gasteiger partial charge in [0.2, 0.25) is 5.95 Å². The molecule has 0 unspecified atom stereocenters. The van der Waals surface area contributed by atoms with Gasteiger partial charge in [-0.2, -0.15) is 18.2 Å². The minimum absolute atomic E-state index is 0.103. The van der Waals surface area contributed by atoms with E-state index in [1.807, 2.05) is 0 Å². The molecule has 1 aromatic heterocycles. The third-order valence-corrected chi connectivity index (χ3v) is 4.83. The van der Waals surface area contributed by atoms with Crippen molar-refractivity contribution in [1.82, 2.24) is 14.8 Å². The van der Waals surface area contributed by atoms with E-state index in [1.165, 1.54) is 18.2 Å². The maximum absolute atomic E-state index is 13.2. The molecule has 1 aliphatic heterocycles. The Morgan fingerprint density at radius 1 is 1.17 bits per heavy atom. The number of hydrogen-bond acceptors (Lipinski definition) is 5. The fourth-order valence-corrected chi connectivity index (χ4v) is 3.24. The van der Waals surface area contributed by atoms with Crippen LogP contribution in [0.15, 0.2) is 59.1 Å². The number of fused-ring (bicyclic) bond motifs is 1. The monoisotopic (exact) mass is 465 g/mol. The molecule has 11 heteroatoms. The van der Waals surface area contributed by atoms with E-state index in [-0.39, 0.29) is 11.6 Å². The van der Waals surface area contributed by atoms with Crippen LogP contribution in [-0.2, 0) is 6.18 Å². The van der Waals surface area contributed by atoms with Gasteiger partial charge in [0.05, 0.1) is 4.92 Å². The average Bonchev–Trinajstić information content (AvgIpc) is 3.12. The summed E-state index contributed by atoms with van der Waals surface area (Å²) in [6.45, 7) is 0. The minimum Gasteiger partial charge on any atom is -0.324 e. The van der Waals surface area contributed by atoms with Crippen molar-refractivity contribution >= 4 is 33.3 Å². The highest BCUT2D eigenvalue weighted by Gasteiger charge is 2.39. The summed E-state index contributed by atoms with van der Waals surface area (Å²) in [7, 11) is 0. The lowest BCUT2D eigenvalue weighted by molar-refractivity contribution is -0.384. The highest BCUT2D eigenvalue weighted by Crippen LogP contribution is 2.36. The molecule has 3 aromatic rings. The predicted molar refractivity (Wildman–Crippen MR) is 102 cm³/mol. The summed E-state index contributed by atoms with van der Waals surface area (Å²) < 4.78 is 41.4. The second-order valence-electron chi connectivity index (χ2n) is 6.21. The number of alkyl halides is 3. The van der Waals surface area contributed by atoms with Crippen LogP contribution in [0.3, 0.4) is 0 Å². The van der Waals surface area contributed by atoms with Gasteiger partial charge in [0, 0.05) is 22.3 Å². The van der Waals surface area contributed by atoms with Crippen LogP contribution < -0.4 is 5.32 Å². The van der Waals surface area contributed by atoms with Crippen molar-refractivity contribution < 1.29 is 18.1 Å². The van der Waals surface area contributed by atoms with Gasteiger partial charge in [-0.1, -0.05) is 40.2 Å². The van der Waals surface area contributed by atoms with E-state index in [4.69, 9.17) is 0 Å². The lowest BCUT2D eigenvalue weighted by Crippen LogP contribution is -2.20. The Kier molecular flexibility index (Phi) is 4.61. The molecule has 7 nitrogen and oxygen atoms in total. The molecular formula is C18H11BrF3N5O2. The molecule has 0 saturated carbocycles. The molecule has 0 fully saturated rings. The molecule has 1 N–H and O–H groups in total. The van der Waals surface area contributed by atoms with Crippen LogP contribution in [0.25, 0.3) is 5.70 Å². The summed E-state index contributed by atoms with van der Waals surface area (Å²) in [6.07, 6.45) is -3.07. The maximum atomic E-state index is 13.2. The fourth-order valence-electron chi connectivity index (χ4n) is 2.97. The Hall–Kier alpha value is -3.21. The number of nitro groups is 1. The molecule has 1 aliphatic rings. The minimum atomic E-state index is -4.73. The van der Waals surface area contributed by atoms with E-state index >= 15 is 0 Å². The third kappa shape index (κ3) is 3.73. The van der Waals surface area contributed by atoms with E-state index in [1.54, 1.807) is 36.4 Å². The van der Waals surface area contributed by atoms with Gasteiger partial charge in [-0.15, -0.1) is 5.10 Å². The van der Waals surface area contributed by atoms with Gasteiger partial charge >= 0.3 is 6.18 Å². The number of rotatable bonds is 3. The van der Waals surface area contributed by atoms with E-state index in [9.17, 15) is 23.3 Å². The van der Waals surface area contributed by atoms with Gasteiger partial charge in [-0.25, -0.2) is 4.68 Å². The third-order valence-electron chi connectivity index (χ3n) is 4.30. The number of allylic oxidation sites excluding steroid dienone is 1. The van der Waals surface area contributed by atoms with Crippen molar-refractivity contribution in [3.63, 3.8) is 0 Å². The largest absolute Gasteiger partial charge is 0.453 e. The van der Waals surface area contributed by atoms with Crippen LogP contribution in [0.5, 0.6) is 0 Å². The second kappa shape index (κ2) is 6.99. The molecule has 148 valence electrons. The zero-order chi connectivity index (χ0) is 20.8. The normalized spacial score (nSPS) is 16.0. The molecule has 0 aliphatic carbocycles. The Balaban J connectivity index is 1.86. The van der Waals surface area contributed by atoms with Crippen LogP contribution in [0.2, 0.25) is 0 Å². The molecule has 2 heterocycles. The first-order chi connectivity index (χ1) is 13.7. The Morgan fingerprint density at radius 2 is 1.90 bits per heavy atom. The van der Waals surface area contributed by atoms with Gasteiger partial charge in [-0.05, 0) is 29.3 Å². The molecule has 0 saturated heterocycles. The Morgan fingerprint density at radius 3 is 2.55 bits per heavy atom. The van der Waals surface area contributed by atoms with Crippen LogP contribution in [0.1, 0.15) is 23.0 Å². The van der Waals surface area contributed by atoms with E-state index in [2.05, 4.69) is 31.3 Å². The van der Waals surface area contributed by atoms with Crippen molar-refractivity contribution in [2.75, 3.05) is 5.32 Å². The van der Waals surface area contributed by atoms with Gasteiger partial charge in [0.25, 0.3) is 11.5 Å². The molecule has 4 rings (SSSR count). The molecule has 29 heavy (non-hydrogen) atoms. The topological polar surface area (TPSA) is 85.9 Å². The number of nitro benzene ring substituents is 1. The molecule has 0 bridgehead atoms. The maximum Gasteiger partial charge on any atom is 0.453 e. The highest BCUT2D eigenvalue weighted by atomic mass is 79.9. The van der Waals surface area contributed by atoms with Gasteiger partial charge < -0.3 is 5.32 Å². The predicted octanol–water partition coefficient (Wildman–Crippen LogP) is 5.02. The van der Waals surface area contributed by atoms with E-state index in [0.717, 1.165) is 9.15 Å². The molecule has 2 aromatic carbocycles. The number of anilines is 1. The fraction of sp³-hybridized carbons (Fsp3) is 0.111. The lowest BCUT2D eigenvalue weighted by Gasteiger charge is -2.24. The SMILES string of the molecule is O=[N+]([O-])c1cccc([C@H]2C=C(c3ccc(Br)cc3)Nc3nc(C(F)(F)F)nn32)c1. The van der Waals surface area contributed by atoms with Crippen molar-refractivity contribution in [2.24, 2.45) is 0 Å². The zero-order valence-electron chi connectivity index (χ0n) is 14.4. The second-order valence-corrected chi connectivity index (χ2v) is 7.13. The number of nitrogens with zero attached hydrogens (tertiary/aromatic N) is 4. The number of hydrogen-bond donors (Lipinski definition) is 1. The quantitative estimate of drug-likeness (QED) is 0.433. The summed E-state index contributed by atoms with van der Waals surface area (Å²) in [5.74, 6) is -1.39. The number of non-ortho nitro benzene ring substituents is 1. The van der Waals surface area contributed by atoms with Crippen molar-refractivity contribution in [2.45, 2.75) is 12.2 Å². The van der Waals surface area contributed by atoms with Gasteiger partial charge in [-0.3, -0.25) is 10.1 Å². The summed E-state index contributed by atoms with van der Waals surface area (Å²) in [5.41, 5.74) is 1.47.